The van der Waals surface area contributed by atoms with Crippen LogP contribution >= 0.6 is 12.2 Å². The number of nitrogens with zero attached hydrogens (tertiary/aromatic N) is 1. The molecule has 0 aliphatic rings. The van der Waals surface area contributed by atoms with E-state index in [1.165, 1.54) is 4.57 Å². The van der Waals surface area contributed by atoms with Gasteiger partial charge in [-0.05, 0) is 56.1 Å². The van der Waals surface area contributed by atoms with E-state index in [-0.39, 0.29) is 16.9 Å². The monoisotopic (exact) mass is 363 g/mol. The normalized spacial score (nSPS) is 13.0. The molecule has 1 atom stereocenters. The number of fused-ring (bicyclic) bond motifs is 1. The van der Waals surface area contributed by atoms with Crippen LogP contribution in [-0.2, 0) is 6.54 Å². The van der Waals surface area contributed by atoms with Crippen LogP contribution < -0.4 is 10.9 Å². The van der Waals surface area contributed by atoms with E-state index < -0.39 is 6.10 Å². The fourth-order valence-corrected chi connectivity index (χ4v) is 3.30. The van der Waals surface area contributed by atoms with Gasteiger partial charge in [-0.1, -0.05) is 13.8 Å². The van der Waals surface area contributed by atoms with Gasteiger partial charge in [0.25, 0.3) is 11.5 Å². The molecule has 0 aliphatic carbocycles. The van der Waals surface area contributed by atoms with Crippen molar-refractivity contribution in [1.82, 2.24) is 14.9 Å². The number of aliphatic hydroxyl groups is 1. The summed E-state index contributed by atoms with van der Waals surface area (Å²) >= 11 is 5.20. The lowest BCUT2D eigenvalue weighted by molar-refractivity contribution is 0.0902. The molecule has 6 nitrogen and oxygen atoms in total. The zero-order valence-electron chi connectivity index (χ0n) is 15.0. The molecule has 0 saturated heterocycles. The number of rotatable bonds is 6. The molecular weight excluding hydrogens is 338 g/mol. The summed E-state index contributed by atoms with van der Waals surface area (Å²) in [6.07, 6.45) is 0.169. The van der Waals surface area contributed by atoms with E-state index in [0.29, 0.717) is 40.7 Å². The van der Waals surface area contributed by atoms with Crippen LogP contribution in [0.5, 0.6) is 0 Å². The van der Waals surface area contributed by atoms with Crippen LogP contribution in [0.15, 0.2) is 23.0 Å². The quantitative estimate of drug-likeness (QED) is 0.689. The van der Waals surface area contributed by atoms with Gasteiger partial charge >= 0.3 is 0 Å². The molecule has 0 aliphatic heterocycles. The van der Waals surface area contributed by atoms with Crippen LogP contribution in [0.3, 0.4) is 0 Å². The molecule has 136 valence electrons. The summed E-state index contributed by atoms with van der Waals surface area (Å²) in [6.45, 7) is 8.51. The molecule has 0 saturated carbocycles. The van der Waals surface area contributed by atoms with Crippen molar-refractivity contribution in [3.63, 3.8) is 0 Å². The van der Waals surface area contributed by atoms with Gasteiger partial charge in [0.2, 0.25) is 0 Å². The summed E-state index contributed by atoms with van der Waals surface area (Å²) in [5.74, 6) is -0.223. The minimum atomic E-state index is -0.423. The number of benzene rings is 1. The molecule has 2 rings (SSSR count). The standard InChI is InChI=1S/C18H25N3O3S/c1-5-21-16(24)13-7-6-12(8-14(13)20-17(21)25)15(23)19-10-18(3,4)9-11(2)22/h6-8,11,22H,5,9-10H2,1-4H3,(H,19,23)(H,20,25)/t11-/m1/s1. The van der Waals surface area contributed by atoms with Gasteiger partial charge in [-0.3, -0.25) is 14.2 Å². The molecule has 7 heteroatoms. The van der Waals surface area contributed by atoms with Gasteiger partial charge in [0, 0.05) is 18.7 Å². The average Bonchev–Trinajstić information content (AvgIpc) is 2.51. The van der Waals surface area contributed by atoms with Crippen molar-refractivity contribution in [2.75, 3.05) is 6.54 Å². The second-order valence-corrected chi connectivity index (χ2v) is 7.53. The first-order chi connectivity index (χ1) is 11.6. The van der Waals surface area contributed by atoms with Crippen LogP contribution in [0, 0.1) is 10.2 Å². The zero-order chi connectivity index (χ0) is 18.8. The molecule has 0 bridgehead atoms. The molecule has 1 amide bonds. The maximum absolute atomic E-state index is 12.4. The van der Waals surface area contributed by atoms with Crippen molar-refractivity contribution in [3.05, 3.63) is 38.9 Å². The molecule has 1 heterocycles. The summed E-state index contributed by atoms with van der Waals surface area (Å²) in [5.41, 5.74) is 0.636. The average molecular weight is 363 g/mol. The number of hydrogen-bond donors (Lipinski definition) is 3. The molecule has 1 aromatic carbocycles. The predicted molar refractivity (Wildman–Crippen MR) is 101 cm³/mol. The van der Waals surface area contributed by atoms with Gasteiger partial charge in [-0.25, -0.2) is 0 Å². The lowest BCUT2D eigenvalue weighted by atomic mass is 9.87. The minimum Gasteiger partial charge on any atom is -0.393 e. The summed E-state index contributed by atoms with van der Waals surface area (Å²) in [5, 5.41) is 12.9. The third-order valence-corrected chi connectivity index (χ3v) is 4.46. The number of H-pyrrole nitrogens is 1. The highest BCUT2D eigenvalue weighted by molar-refractivity contribution is 7.71. The van der Waals surface area contributed by atoms with Crippen molar-refractivity contribution in [1.29, 1.82) is 0 Å². The second kappa shape index (κ2) is 7.49. The van der Waals surface area contributed by atoms with Crippen molar-refractivity contribution in [3.8, 4) is 0 Å². The number of amides is 1. The van der Waals surface area contributed by atoms with Crippen molar-refractivity contribution >= 4 is 29.0 Å². The first kappa shape index (κ1) is 19.3. The van der Waals surface area contributed by atoms with Crippen LogP contribution in [0.4, 0.5) is 0 Å². The summed E-state index contributed by atoms with van der Waals surface area (Å²) < 4.78 is 1.83. The number of aromatic amines is 1. The Balaban J connectivity index is 2.26. The van der Waals surface area contributed by atoms with E-state index in [1.54, 1.807) is 25.1 Å². The van der Waals surface area contributed by atoms with Crippen molar-refractivity contribution in [2.45, 2.75) is 46.8 Å². The smallest absolute Gasteiger partial charge is 0.262 e. The van der Waals surface area contributed by atoms with E-state index in [9.17, 15) is 14.7 Å². The maximum atomic E-state index is 12.4. The Kier molecular flexibility index (Phi) is 5.80. The van der Waals surface area contributed by atoms with E-state index in [4.69, 9.17) is 12.2 Å². The molecule has 0 spiro atoms. The Morgan fingerprint density at radius 3 is 2.72 bits per heavy atom. The number of carbonyl (C=O) groups excluding carboxylic acids is 1. The Morgan fingerprint density at radius 2 is 2.12 bits per heavy atom. The third kappa shape index (κ3) is 4.55. The SMILES string of the molecule is CCn1c(=S)[nH]c2cc(C(=O)NCC(C)(C)C[C@@H](C)O)ccc2c1=O. The Bertz CT molecular complexity index is 897. The lowest BCUT2D eigenvalue weighted by Gasteiger charge is -2.26. The van der Waals surface area contributed by atoms with Crippen LogP contribution in [0.2, 0.25) is 0 Å². The molecule has 0 radical (unpaired) electrons. The fourth-order valence-electron chi connectivity index (χ4n) is 2.98. The van der Waals surface area contributed by atoms with Gasteiger partial charge in [0.1, 0.15) is 0 Å². The van der Waals surface area contributed by atoms with Gasteiger partial charge in [-0.2, -0.15) is 0 Å². The second-order valence-electron chi connectivity index (χ2n) is 7.14. The highest BCUT2D eigenvalue weighted by Gasteiger charge is 2.21. The van der Waals surface area contributed by atoms with Gasteiger partial charge < -0.3 is 15.4 Å². The maximum Gasteiger partial charge on any atom is 0.262 e. The molecule has 3 N–H and O–H groups in total. The molecule has 2 aromatic rings. The molecule has 0 unspecified atom stereocenters. The number of aliphatic hydroxyl groups excluding tert-OH is 1. The highest BCUT2D eigenvalue weighted by atomic mass is 32.1. The van der Waals surface area contributed by atoms with Crippen molar-refractivity contribution in [2.24, 2.45) is 5.41 Å². The fraction of sp³-hybridized carbons (Fsp3) is 0.500. The van der Waals surface area contributed by atoms with E-state index in [1.807, 2.05) is 20.8 Å². The molecule has 25 heavy (non-hydrogen) atoms. The third-order valence-electron chi connectivity index (χ3n) is 4.14. The summed E-state index contributed by atoms with van der Waals surface area (Å²) in [7, 11) is 0. The first-order valence-electron chi connectivity index (χ1n) is 8.38. The van der Waals surface area contributed by atoms with Crippen LogP contribution in [0.25, 0.3) is 10.9 Å². The molecular formula is C18H25N3O3S. The topological polar surface area (TPSA) is 87.1 Å². The minimum absolute atomic E-state index is 0.161. The largest absolute Gasteiger partial charge is 0.393 e. The zero-order valence-corrected chi connectivity index (χ0v) is 15.9. The van der Waals surface area contributed by atoms with E-state index in [2.05, 4.69) is 10.3 Å². The Morgan fingerprint density at radius 1 is 1.44 bits per heavy atom. The lowest BCUT2D eigenvalue weighted by Crippen LogP contribution is -2.35. The van der Waals surface area contributed by atoms with Gasteiger partial charge in [0.05, 0.1) is 17.0 Å². The van der Waals surface area contributed by atoms with Crippen LogP contribution in [0.1, 0.15) is 44.5 Å². The Labute approximate surface area is 151 Å². The Hall–Kier alpha value is -1.99. The van der Waals surface area contributed by atoms with E-state index >= 15 is 0 Å². The number of carbonyl (C=O) groups is 1. The summed E-state index contributed by atoms with van der Waals surface area (Å²) in [4.78, 5) is 27.8. The number of hydrogen-bond acceptors (Lipinski definition) is 4. The van der Waals surface area contributed by atoms with Gasteiger partial charge in [-0.15, -0.1) is 0 Å². The highest BCUT2D eigenvalue weighted by Crippen LogP contribution is 2.21. The first-order valence-corrected chi connectivity index (χ1v) is 8.78. The number of aromatic nitrogens is 2. The van der Waals surface area contributed by atoms with Crippen molar-refractivity contribution < 1.29 is 9.90 Å². The summed E-state index contributed by atoms with van der Waals surface area (Å²) in [6, 6.07) is 4.92. The predicted octanol–water partition coefficient (Wildman–Crippen LogP) is 2.61. The molecule has 0 fully saturated rings. The number of nitrogens with one attached hydrogen (secondary N) is 2. The van der Waals surface area contributed by atoms with E-state index in [0.717, 1.165) is 0 Å². The van der Waals surface area contributed by atoms with Crippen LogP contribution in [-0.4, -0.2) is 33.2 Å². The molecule has 1 aromatic heterocycles. The van der Waals surface area contributed by atoms with Gasteiger partial charge in [0.15, 0.2) is 4.77 Å².